The number of aromatic nitrogens is 1. The maximum absolute atomic E-state index is 6.05. The van der Waals surface area contributed by atoms with Gasteiger partial charge in [0.05, 0.1) is 0 Å². The number of pyridine rings is 1. The Hall–Kier alpha value is -0.600. The summed E-state index contributed by atoms with van der Waals surface area (Å²) >= 11 is 6.05. The van der Waals surface area contributed by atoms with Gasteiger partial charge in [-0.25, -0.2) is 0 Å². The van der Waals surface area contributed by atoms with E-state index in [-0.39, 0.29) is 5.41 Å². The minimum Gasteiger partial charge on any atom is -0.312 e. The zero-order valence-corrected chi connectivity index (χ0v) is 10.9. The standard InChI is InChI=1S/C13H21ClN2/c1-3-13(4-2,10-14)11-16-9-12-6-5-7-15-8-12/h5-8,16H,3-4,9-11H2,1-2H3. The van der Waals surface area contributed by atoms with Crippen LogP contribution < -0.4 is 5.32 Å². The van der Waals surface area contributed by atoms with Crippen molar-refractivity contribution in [1.29, 1.82) is 0 Å². The van der Waals surface area contributed by atoms with Crippen LogP contribution in [0.15, 0.2) is 24.5 Å². The fraction of sp³-hybridized carbons (Fsp3) is 0.615. The lowest BCUT2D eigenvalue weighted by atomic mass is 9.84. The third-order valence-corrected chi connectivity index (χ3v) is 3.90. The number of nitrogens with one attached hydrogen (secondary N) is 1. The van der Waals surface area contributed by atoms with Gasteiger partial charge in [-0.15, -0.1) is 11.6 Å². The Balaban J connectivity index is 2.39. The second-order valence-electron chi connectivity index (χ2n) is 4.31. The van der Waals surface area contributed by atoms with Crippen LogP contribution in [0.5, 0.6) is 0 Å². The maximum atomic E-state index is 6.05. The van der Waals surface area contributed by atoms with Gasteiger partial charge in [0.1, 0.15) is 0 Å². The zero-order chi connectivity index (χ0) is 11.9. The molecule has 0 aliphatic heterocycles. The van der Waals surface area contributed by atoms with E-state index in [1.54, 1.807) is 6.20 Å². The highest BCUT2D eigenvalue weighted by atomic mass is 35.5. The summed E-state index contributed by atoms with van der Waals surface area (Å²) in [7, 11) is 0. The van der Waals surface area contributed by atoms with Gasteiger partial charge in [-0.3, -0.25) is 4.98 Å². The SMILES string of the molecule is CCC(CC)(CCl)CNCc1cccnc1. The molecular weight excluding hydrogens is 220 g/mol. The summed E-state index contributed by atoms with van der Waals surface area (Å²) in [5.74, 6) is 0.722. The first kappa shape index (κ1) is 13.5. The van der Waals surface area contributed by atoms with Gasteiger partial charge in [-0.2, -0.15) is 0 Å². The van der Waals surface area contributed by atoms with Gasteiger partial charge < -0.3 is 5.32 Å². The Morgan fingerprint density at radius 3 is 2.62 bits per heavy atom. The fourth-order valence-electron chi connectivity index (χ4n) is 1.71. The van der Waals surface area contributed by atoms with E-state index in [1.807, 2.05) is 12.3 Å². The van der Waals surface area contributed by atoms with Gasteiger partial charge in [0.15, 0.2) is 0 Å². The summed E-state index contributed by atoms with van der Waals surface area (Å²) in [5.41, 5.74) is 1.46. The molecule has 16 heavy (non-hydrogen) atoms. The van der Waals surface area contributed by atoms with Crippen LogP contribution in [0.4, 0.5) is 0 Å². The number of hydrogen-bond donors (Lipinski definition) is 1. The maximum Gasteiger partial charge on any atom is 0.0312 e. The van der Waals surface area contributed by atoms with E-state index in [9.17, 15) is 0 Å². The van der Waals surface area contributed by atoms with E-state index >= 15 is 0 Å². The van der Waals surface area contributed by atoms with Crippen LogP contribution in [0.25, 0.3) is 0 Å². The van der Waals surface area contributed by atoms with Crippen molar-refractivity contribution in [2.24, 2.45) is 5.41 Å². The molecule has 1 rings (SSSR count). The minimum absolute atomic E-state index is 0.240. The van der Waals surface area contributed by atoms with Crippen LogP contribution in [0.1, 0.15) is 32.3 Å². The molecule has 1 aromatic heterocycles. The van der Waals surface area contributed by atoms with E-state index in [2.05, 4.69) is 30.2 Å². The van der Waals surface area contributed by atoms with Gasteiger partial charge in [0, 0.05) is 31.4 Å². The molecule has 0 amide bonds. The van der Waals surface area contributed by atoms with Crippen LogP contribution in [-0.2, 0) is 6.54 Å². The summed E-state index contributed by atoms with van der Waals surface area (Å²) in [6.07, 6.45) is 5.93. The topological polar surface area (TPSA) is 24.9 Å². The summed E-state index contributed by atoms with van der Waals surface area (Å²) in [6, 6.07) is 4.05. The normalized spacial score (nSPS) is 11.7. The number of hydrogen-bond acceptors (Lipinski definition) is 2. The largest absolute Gasteiger partial charge is 0.312 e. The first-order valence-electron chi connectivity index (χ1n) is 5.92. The quantitative estimate of drug-likeness (QED) is 0.741. The van der Waals surface area contributed by atoms with Crippen LogP contribution in [0.2, 0.25) is 0 Å². The van der Waals surface area contributed by atoms with E-state index < -0.39 is 0 Å². The summed E-state index contributed by atoms with van der Waals surface area (Å²) in [4.78, 5) is 4.09. The molecule has 0 aliphatic carbocycles. The van der Waals surface area contributed by atoms with Crippen LogP contribution in [0.3, 0.4) is 0 Å². The average molecular weight is 241 g/mol. The summed E-state index contributed by atoms with van der Waals surface area (Å²) < 4.78 is 0. The van der Waals surface area contributed by atoms with Gasteiger partial charge in [-0.1, -0.05) is 19.9 Å². The van der Waals surface area contributed by atoms with Gasteiger partial charge >= 0.3 is 0 Å². The molecule has 0 saturated heterocycles. The monoisotopic (exact) mass is 240 g/mol. The highest BCUT2D eigenvalue weighted by molar-refractivity contribution is 6.18. The Labute approximate surface area is 103 Å². The highest BCUT2D eigenvalue weighted by Gasteiger charge is 2.24. The van der Waals surface area contributed by atoms with Crippen LogP contribution >= 0.6 is 11.6 Å². The molecule has 2 nitrogen and oxygen atoms in total. The predicted octanol–water partition coefficient (Wildman–Crippen LogP) is 3.22. The minimum atomic E-state index is 0.240. The number of nitrogens with zero attached hydrogens (tertiary/aromatic N) is 1. The third kappa shape index (κ3) is 3.76. The van der Waals surface area contributed by atoms with Crippen molar-refractivity contribution in [3.05, 3.63) is 30.1 Å². The fourth-order valence-corrected chi connectivity index (χ4v) is 2.18. The molecule has 1 N–H and O–H groups in total. The Morgan fingerprint density at radius 2 is 2.12 bits per heavy atom. The smallest absolute Gasteiger partial charge is 0.0312 e. The molecule has 0 atom stereocenters. The number of rotatable bonds is 7. The van der Waals surface area contributed by atoms with Gasteiger partial charge in [0.25, 0.3) is 0 Å². The van der Waals surface area contributed by atoms with Crippen molar-refractivity contribution in [2.75, 3.05) is 12.4 Å². The van der Waals surface area contributed by atoms with Crippen molar-refractivity contribution in [2.45, 2.75) is 33.2 Å². The van der Waals surface area contributed by atoms with Crippen molar-refractivity contribution >= 4 is 11.6 Å². The van der Waals surface area contributed by atoms with E-state index in [4.69, 9.17) is 11.6 Å². The molecule has 1 heterocycles. The van der Waals surface area contributed by atoms with E-state index in [0.717, 1.165) is 31.8 Å². The first-order chi connectivity index (χ1) is 7.76. The molecular formula is C13H21ClN2. The Kier molecular flexibility index (Phi) is 5.78. The molecule has 0 saturated carbocycles. The Bertz CT molecular complexity index is 275. The Morgan fingerprint density at radius 1 is 1.38 bits per heavy atom. The van der Waals surface area contributed by atoms with Crippen molar-refractivity contribution in [3.8, 4) is 0 Å². The predicted molar refractivity (Wildman–Crippen MR) is 69.7 cm³/mol. The molecule has 90 valence electrons. The lowest BCUT2D eigenvalue weighted by Gasteiger charge is -2.29. The van der Waals surface area contributed by atoms with Crippen molar-refractivity contribution in [3.63, 3.8) is 0 Å². The molecule has 0 aliphatic rings. The molecule has 0 radical (unpaired) electrons. The van der Waals surface area contributed by atoms with Crippen LogP contribution in [0, 0.1) is 5.41 Å². The van der Waals surface area contributed by atoms with Gasteiger partial charge in [-0.05, 0) is 29.9 Å². The molecule has 0 fully saturated rings. The first-order valence-corrected chi connectivity index (χ1v) is 6.45. The van der Waals surface area contributed by atoms with Crippen LogP contribution in [-0.4, -0.2) is 17.4 Å². The highest BCUT2D eigenvalue weighted by Crippen LogP contribution is 2.26. The van der Waals surface area contributed by atoms with Gasteiger partial charge in [0.2, 0.25) is 0 Å². The summed E-state index contributed by atoms with van der Waals surface area (Å²) in [5, 5.41) is 3.47. The van der Waals surface area contributed by atoms with E-state index in [0.29, 0.717) is 0 Å². The lowest BCUT2D eigenvalue weighted by Crippen LogP contribution is -2.34. The van der Waals surface area contributed by atoms with E-state index in [1.165, 1.54) is 5.56 Å². The molecule has 3 heteroatoms. The zero-order valence-electron chi connectivity index (χ0n) is 10.2. The molecule has 0 bridgehead atoms. The molecule has 0 aromatic carbocycles. The molecule has 0 unspecified atom stereocenters. The third-order valence-electron chi connectivity index (χ3n) is 3.34. The number of alkyl halides is 1. The molecule has 1 aromatic rings. The second kappa shape index (κ2) is 6.87. The average Bonchev–Trinajstić information content (AvgIpc) is 2.37. The number of halogens is 1. The molecule has 0 spiro atoms. The second-order valence-corrected chi connectivity index (χ2v) is 4.57. The summed E-state index contributed by atoms with van der Waals surface area (Å²) in [6.45, 7) is 6.25. The van der Waals surface area contributed by atoms with Crippen molar-refractivity contribution < 1.29 is 0 Å². The lowest BCUT2D eigenvalue weighted by molar-refractivity contribution is 0.286. The van der Waals surface area contributed by atoms with Crippen molar-refractivity contribution in [1.82, 2.24) is 10.3 Å².